The highest BCUT2D eigenvalue weighted by Gasteiger charge is 2.24. The van der Waals surface area contributed by atoms with Crippen molar-refractivity contribution in [2.75, 3.05) is 0 Å². The number of hydrogen-bond acceptors (Lipinski definition) is 5. The van der Waals surface area contributed by atoms with Crippen LogP contribution in [0, 0.1) is 0 Å². The Balaban J connectivity index is 4.36. The molecule has 9 nitrogen and oxygen atoms in total. The molecular formula is C9H15N3O6. The van der Waals surface area contributed by atoms with Gasteiger partial charge < -0.3 is 27.0 Å². The van der Waals surface area contributed by atoms with Gasteiger partial charge in [-0.05, 0) is 6.42 Å². The molecule has 0 radical (unpaired) electrons. The molecule has 0 fully saturated rings. The van der Waals surface area contributed by atoms with Gasteiger partial charge in [0, 0.05) is 6.42 Å². The van der Waals surface area contributed by atoms with Gasteiger partial charge in [0.25, 0.3) is 0 Å². The first kappa shape index (κ1) is 15.8. The Kier molecular flexibility index (Phi) is 6.35. The second-order valence-electron chi connectivity index (χ2n) is 3.61. The second-order valence-corrected chi connectivity index (χ2v) is 3.61. The highest BCUT2D eigenvalue weighted by Crippen LogP contribution is 1.98. The summed E-state index contributed by atoms with van der Waals surface area (Å²) >= 11 is 0. The van der Waals surface area contributed by atoms with Crippen molar-refractivity contribution in [3.8, 4) is 0 Å². The molecule has 0 aromatic rings. The maximum absolute atomic E-state index is 11.4. The number of carboxylic acid groups (broad SMARTS) is 2. The number of rotatable bonds is 8. The second kappa shape index (κ2) is 7.22. The molecule has 2 atom stereocenters. The molecule has 0 aliphatic carbocycles. The van der Waals surface area contributed by atoms with E-state index < -0.39 is 42.3 Å². The normalized spacial score (nSPS) is 13.4. The van der Waals surface area contributed by atoms with E-state index in [9.17, 15) is 19.2 Å². The standard InChI is InChI=1S/C9H15N3O6/c10-4(1-2-7(14)15)8(16)12-5(9(17)18)3-6(11)13/h4-5H,1-3,10H2,(H2,11,13)(H,12,16)(H,14,15)(H,17,18)/t4?,5-/m1/s1. The van der Waals surface area contributed by atoms with Crippen molar-refractivity contribution >= 4 is 23.8 Å². The molecule has 0 aromatic carbocycles. The van der Waals surface area contributed by atoms with E-state index in [0.717, 1.165) is 0 Å². The minimum atomic E-state index is -1.47. The molecule has 0 spiro atoms. The topological polar surface area (TPSA) is 173 Å². The van der Waals surface area contributed by atoms with Crippen molar-refractivity contribution in [3.63, 3.8) is 0 Å². The van der Waals surface area contributed by atoms with Crippen molar-refractivity contribution in [2.45, 2.75) is 31.3 Å². The van der Waals surface area contributed by atoms with Gasteiger partial charge in [0.15, 0.2) is 0 Å². The fraction of sp³-hybridized carbons (Fsp3) is 0.556. The average Bonchev–Trinajstić information content (AvgIpc) is 2.23. The van der Waals surface area contributed by atoms with Crippen LogP contribution in [0.25, 0.3) is 0 Å². The van der Waals surface area contributed by atoms with Crippen LogP contribution in [0.15, 0.2) is 0 Å². The van der Waals surface area contributed by atoms with E-state index in [1.807, 2.05) is 5.32 Å². The number of amides is 2. The maximum Gasteiger partial charge on any atom is 0.326 e. The van der Waals surface area contributed by atoms with Gasteiger partial charge in [-0.25, -0.2) is 4.79 Å². The number of nitrogens with two attached hydrogens (primary N) is 2. The van der Waals surface area contributed by atoms with E-state index in [-0.39, 0.29) is 12.8 Å². The Morgan fingerprint density at radius 2 is 1.72 bits per heavy atom. The summed E-state index contributed by atoms with van der Waals surface area (Å²) in [6.45, 7) is 0. The van der Waals surface area contributed by atoms with Crippen LogP contribution in [-0.4, -0.2) is 46.0 Å². The van der Waals surface area contributed by atoms with Crippen LogP contribution in [0.5, 0.6) is 0 Å². The molecule has 0 rings (SSSR count). The quantitative estimate of drug-likeness (QED) is 0.324. The van der Waals surface area contributed by atoms with E-state index in [4.69, 9.17) is 21.7 Å². The smallest absolute Gasteiger partial charge is 0.326 e. The summed E-state index contributed by atoms with van der Waals surface area (Å²) in [5.74, 6) is -4.27. The summed E-state index contributed by atoms with van der Waals surface area (Å²) < 4.78 is 0. The zero-order valence-corrected chi connectivity index (χ0v) is 9.46. The van der Waals surface area contributed by atoms with Crippen molar-refractivity contribution in [1.29, 1.82) is 0 Å². The molecule has 0 heterocycles. The van der Waals surface area contributed by atoms with Crippen LogP contribution < -0.4 is 16.8 Å². The Labute approximate surface area is 102 Å². The van der Waals surface area contributed by atoms with Gasteiger partial charge in [-0.15, -0.1) is 0 Å². The van der Waals surface area contributed by atoms with Gasteiger partial charge in [-0.3, -0.25) is 14.4 Å². The van der Waals surface area contributed by atoms with Gasteiger partial charge in [0.2, 0.25) is 11.8 Å². The average molecular weight is 261 g/mol. The number of aliphatic carboxylic acids is 2. The van der Waals surface area contributed by atoms with E-state index in [1.54, 1.807) is 0 Å². The molecule has 1 unspecified atom stereocenters. The number of carbonyl (C=O) groups is 4. The monoisotopic (exact) mass is 261 g/mol. The molecular weight excluding hydrogens is 246 g/mol. The molecule has 0 saturated carbocycles. The summed E-state index contributed by atoms with van der Waals surface area (Å²) in [6, 6.07) is -2.62. The van der Waals surface area contributed by atoms with Crippen LogP contribution >= 0.6 is 0 Å². The number of carbonyl (C=O) groups excluding carboxylic acids is 2. The summed E-state index contributed by atoms with van der Waals surface area (Å²) in [4.78, 5) is 42.9. The zero-order chi connectivity index (χ0) is 14.3. The van der Waals surface area contributed by atoms with E-state index in [2.05, 4.69) is 0 Å². The number of hydrogen-bond donors (Lipinski definition) is 5. The first-order chi connectivity index (χ1) is 8.23. The number of nitrogens with one attached hydrogen (secondary N) is 1. The lowest BCUT2D eigenvalue weighted by atomic mass is 10.1. The van der Waals surface area contributed by atoms with Crippen molar-refractivity contribution in [3.05, 3.63) is 0 Å². The third kappa shape index (κ3) is 6.43. The lowest BCUT2D eigenvalue weighted by molar-refractivity contribution is -0.143. The molecule has 102 valence electrons. The Morgan fingerprint density at radius 1 is 1.17 bits per heavy atom. The predicted molar refractivity (Wildman–Crippen MR) is 58.2 cm³/mol. The Hall–Kier alpha value is -2.16. The molecule has 9 heteroatoms. The number of primary amides is 1. The zero-order valence-electron chi connectivity index (χ0n) is 9.46. The molecule has 0 aliphatic rings. The largest absolute Gasteiger partial charge is 0.481 e. The molecule has 18 heavy (non-hydrogen) atoms. The highest BCUT2D eigenvalue weighted by molar-refractivity contribution is 5.90. The van der Waals surface area contributed by atoms with Crippen molar-refractivity contribution in [2.24, 2.45) is 11.5 Å². The van der Waals surface area contributed by atoms with Crippen LogP contribution in [-0.2, 0) is 19.2 Å². The van der Waals surface area contributed by atoms with Gasteiger partial charge in [-0.2, -0.15) is 0 Å². The summed E-state index contributed by atoms with van der Waals surface area (Å²) in [5.41, 5.74) is 10.2. The van der Waals surface area contributed by atoms with Crippen LogP contribution in [0.2, 0.25) is 0 Å². The third-order valence-electron chi connectivity index (χ3n) is 2.03. The molecule has 7 N–H and O–H groups in total. The minimum absolute atomic E-state index is 0.135. The van der Waals surface area contributed by atoms with E-state index in [1.165, 1.54) is 0 Å². The first-order valence-electron chi connectivity index (χ1n) is 5.03. The van der Waals surface area contributed by atoms with Crippen LogP contribution in [0.1, 0.15) is 19.3 Å². The number of carboxylic acids is 2. The molecule has 0 aliphatic heterocycles. The molecule has 2 amide bonds. The van der Waals surface area contributed by atoms with Gasteiger partial charge >= 0.3 is 11.9 Å². The lowest BCUT2D eigenvalue weighted by Gasteiger charge is -2.16. The SMILES string of the molecule is NC(=O)C[C@@H](NC(=O)C(N)CCC(=O)O)C(=O)O. The first-order valence-corrected chi connectivity index (χ1v) is 5.03. The Morgan fingerprint density at radius 3 is 2.11 bits per heavy atom. The maximum atomic E-state index is 11.4. The van der Waals surface area contributed by atoms with E-state index in [0.29, 0.717) is 0 Å². The predicted octanol–water partition coefficient (Wildman–Crippen LogP) is -2.38. The minimum Gasteiger partial charge on any atom is -0.481 e. The summed E-state index contributed by atoms with van der Waals surface area (Å²) in [6.07, 6.45) is -1.01. The fourth-order valence-corrected chi connectivity index (χ4v) is 1.09. The molecule has 0 bridgehead atoms. The van der Waals surface area contributed by atoms with Gasteiger partial charge in [0.05, 0.1) is 12.5 Å². The van der Waals surface area contributed by atoms with E-state index >= 15 is 0 Å². The third-order valence-corrected chi connectivity index (χ3v) is 2.03. The fourth-order valence-electron chi connectivity index (χ4n) is 1.09. The van der Waals surface area contributed by atoms with Crippen molar-refractivity contribution in [1.82, 2.24) is 5.32 Å². The summed E-state index contributed by atoms with van der Waals surface area (Å²) in [7, 11) is 0. The van der Waals surface area contributed by atoms with Crippen LogP contribution in [0.3, 0.4) is 0 Å². The summed E-state index contributed by atoms with van der Waals surface area (Å²) in [5, 5.41) is 19.1. The van der Waals surface area contributed by atoms with Crippen molar-refractivity contribution < 1.29 is 29.4 Å². The molecule has 0 aromatic heterocycles. The lowest BCUT2D eigenvalue weighted by Crippen LogP contribution is -2.49. The van der Waals surface area contributed by atoms with Gasteiger partial charge in [0.1, 0.15) is 6.04 Å². The molecule has 0 saturated heterocycles. The highest BCUT2D eigenvalue weighted by atomic mass is 16.4. The van der Waals surface area contributed by atoms with Gasteiger partial charge in [-0.1, -0.05) is 0 Å². The van der Waals surface area contributed by atoms with Crippen LogP contribution in [0.4, 0.5) is 0 Å². The Bertz CT molecular complexity index is 356.